The lowest BCUT2D eigenvalue weighted by atomic mass is 10.1. The lowest BCUT2D eigenvalue weighted by Gasteiger charge is -2.09. The molecule has 0 bridgehead atoms. The zero-order valence-corrected chi connectivity index (χ0v) is 15.2. The summed E-state index contributed by atoms with van der Waals surface area (Å²) in [5.74, 6) is -0.386. The fraction of sp³-hybridized carbons (Fsp3) is 0.250. The molecule has 28 heavy (non-hydrogen) atoms. The third kappa shape index (κ3) is 5.67. The number of carbonyl (C=O) groups is 1. The van der Waals surface area contributed by atoms with E-state index in [1.807, 2.05) is 0 Å². The average Bonchev–Trinajstić information content (AvgIpc) is 2.66. The molecule has 5 nitrogen and oxygen atoms in total. The topological polar surface area (TPSA) is 65.0 Å². The van der Waals surface area contributed by atoms with Crippen molar-refractivity contribution in [3.8, 4) is 17.2 Å². The largest absolute Gasteiger partial charge is 0.502 e. The van der Waals surface area contributed by atoms with Crippen molar-refractivity contribution in [3.63, 3.8) is 0 Å². The van der Waals surface area contributed by atoms with Gasteiger partial charge < -0.3 is 19.3 Å². The highest BCUT2D eigenvalue weighted by molar-refractivity contribution is 5.87. The summed E-state index contributed by atoms with van der Waals surface area (Å²) in [6.45, 7) is 0.0246. The van der Waals surface area contributed by atoms with Crippen LogP contribution in [0.5, 0.6) is 17.2 Å². The Hall–Kier alpha value is -3.16. The fourth-order valence-corrected chi connectivity index (χ4v) is 2.35. The van der Waals surface area contributed by atoms with Crippen LogP contribution in [-0.4, -0.2) is 31.9 Å². The summed E-state index contributed by atoms with van der Waals surface area (Å²) in [4.78, 5) is 11.8. The number of phenolic OH excluding ortho intramolecular Hbond substituents is 1. The molecule has 0 aromatic heterocycles. The molecule has 2 aromatic rings. The van der Waals surface area contributed by atoms with Crippen LogP contribution in [0.4, 0.5) is 13.2 Å². The normalized spacial score (nSPS) is 11.5. The van der Waals surface area contributed by atoms with Gasteiger partial charge in [-0.25, -0.2) is 4.79 Å². The Bertz CT molecular complexity index is 817. The molecular formula is C20H19F3O5. The number of aromatic hydroxyl groups is 1. The molecule has 1 N–H and O–H groups in total. The summed E-state index contributed by atoms with van der Waals surface area (Å²) in [7, 11) is 2.77. The fourth-order valence-electron chi connectivity index (χ4n) is 2.35. The van der Waals surface area contributed by atoms with E-state index in [0.717, 1.165) is 12.1 Å². The van der Waals surface area contributed by atoms with Gasteiger partial charge in [-0.2, -0.15) is 13.2 Å². The maximum atomic E-state index is 12.5. The number of methoxy groups -OCH3 is 2. The number of ether oxygens (including phenoxy) is 3. The lowest BCUT2D eigenvalue weighted by Crippen LogP contribution is -2.06. The minimum absolute atomic E-state index is 0.0246. The average molecular weight is 396 g/mol. The number of phenols is 1. The summed E-state index contributed by atoms with van der Waals surface area (Å²) in [5, 5.41) is 9.85. The molecule has 0 aliphatic heterocycles. The molecular weight excluding hydrogens is 377 g/mol. The summed E-state index contributed by atoms with van der Waals surface area (Å²) < 4.78 is 52.6. The standard InChI is InChI=1S/C20H19F3O5/c1-26-16-11-14(12-17(27-2)19(16)25)5-8-18(24)28-10-9-13-3-6-15(7-4-13)20(21,22)23/h3-8,11-12,25H,9-10H2,1-2H3/b8-5+. The van der Waals surface area contributed by atoms with Crippen molar-refractivity contribution in [2.45, 2.75) is 12.6 Å². The Morgan fingerprint density at radius 2 is 1.64 bits per heavy atom. The molecule has 0 unspecified atom stereocenters. The van der Waals surface area contributed by atoms with Crippen LogP contribution >= 0.6 is 0 Å². The van der Waals surface area contributed by atoms with Gasteiger partial charge in [-0.15, -0.1) is 0 Å². The Labute approximate surface area is 160 Å². The number of carbonyl (C=O) groups excluding carboxylic acids is 1. The Balaban J connectivity index is 1.90. The van der Waals surface area contributed by atoms with Crippen molar-refractivity contribution in [2.24, 2.45) is 0 Å². The highest BCUT2D eigenvalue weighted by atomic mass is 19.4. The summed E-state index contributed by atoms with van der Waals surface area (Å²) in [5.41, 5.74) is 0.444. The van der Waals surface area contributed by atoms with Gasteiger partial charge in [0.25, 0.3) is 0 Å². The number of rotatable bonds is 7. The van der Waals surface area contributed by atoms with E-state index in [1.165, 1.54) is 50.6 Å². The number of alkyl halides is 3. The molecule has 0 spiro atoms. The molecule has 0 saturated carbocycles. The predicted octanol–water partition coefficient (Wildman–Crippen LogP) is 4.23. The van der Waals surface area contributed by atoms with Crippen molar-refractivity contribution in [1.29, 1.82) is 0 Å². The van der Waals surface area contributed by atoms with Crippen LogP contribution in [0.3, 0.4) is 0 Å². The van der Waals surface area contributed by atoms with Gasteiger partial charge in [0, 0.05) is 12.5 Å². The first-order valence-corrected chi connectivity index (χ1v) is 8.20. The molecule has 2 rings (SSSR count). The van der Waals surface area contributed by atoms with Crippen molar-refractivity contribution < 1.29 is 37.3 Å². The first-order chi connectivity index (χ1) is 13.2. The number of hydrogen-bond donors (Lipinski definition) is 1. The van der Waals surface area contributed by atoms with Crippen molar-refractivity contribution in [3.05, 3.63) is 59.2 Å². The molecule has 150 valence electrons. The minimum atomic E-state index is -4.38. The molecule has 0 saturated heterocycles. The monoisotopic (exact) mass is 396 g/mol. The second kappa shape index (κ2) is 9.16. The maximum absolute atomic E-state index is 12.5. The minimum Gasteiger partial charge on any atom is -0.502 e. The van der Waals surface area contributed by atoms with E-state index in [4.69, 9.17) is 14.2 Å². The van der Waals surface area contributed by atoms with Gasteiger partial charge in [0.15, 0.2) is 11.5 Å². The number of hydrogen-bond acceptors (Lipinski definition) is 5. The number of esters is 1. The zero-order chi connectivity index (χ0) is 20.7. The molecule has 0 amide bonds. The van der Waals surface area contributed by atoms with Crippen LogP contribution in [0.2, 0.25) is 0 Å². The van der Waals surface area contributed by atoms with E-state index in [-0.39, 0.29) is 23.9 Å². The first kappa shape index (κ1) is 21.1. The van der Waals surface area contributed by atoms with Gasteiger partial charge in [0.05, 0.1) is 26.4 Å². The molecule has 2 aromatic carbocycles. The number of halogens is 3. The van der Waals surface area contributed by atoms with Crippen LogP contribution in [-0.2, 0) is 22.1 Å². The van der Waals surface area contributed by atoms with Crippen LogP contribution in [0, 0.1) is 0 Å². The summed E-state index contributed by atoms with van der Waals surface area (Å²) >= 11 is 0. The second-order valence-electron chi connectivity index (χ2n) is 5.72. The van der Waals surface area contributed by atoms with Gasteiger partial charge in [-0.05, 0) is 41.5 Å². The van der Waals surface area contributed by atoms with Gasteiger partial charge in [0.2, 0.25) is 5.75 Å². The van der Waals surface area contributed by atoms with E-state index in [9.17, 15) is 23.1 Å². The molecule has 0 aliphatic carbocycles. The van der Waals surface area contributed by atoms with Crippen molar-refractivity contribution in [1.82, 2.24) is 0 Å². The zero-order valence-electron chi connectivity index (χ0n) is 15.2. The van der Waals surface area contributed by atoms with Crippen LogP contribution in [0.25, 0.3) is 6.08 Å². The lowest BCUT2D eigenvalue weighted by molar-refractivity contribution is -0.138. The van der Waals surface area contributed by atoms with Crippen molar-refractivity contribution in [2.75, 3.05) is 20.8 Å². The van der Waals surface area contributed by atoms with Gasteiger partial charge in [-0.3, -0.25) is 0 Å². The molecule has 8 heteroatoms. The molecule has 0 aliphatic rings. The third-order valence-electron chi connectivity index (χ3n) is 3.83. The maximum Gasteiger partial charge on any atom is 0.416 e. The van der Waals surface area contributed by atoms with Crippen molar-refractivity contribution >= 4 is 12.0 Å². The first-order valence-electron chi connectivity index (χ1n) is 8.20. The smallest absolute Gasteiger partial charge is 0.416 e. The highest BCUT2D eigenvalue weighted by Crippen LogP contribution is 2.37. The number of benzene rings is 2. The Morgan fingerprint density at radius 3 is 2.14 bits per heavy atom. The van der Waals surface area contributed by atoms with E-state index < -0.39 is 17.7 Å². The van der Waals surface area contributed by atoms with Gasteiger partial charge in [0.1, 0.15) is 0 Å². The Morgan fingerprint density at radius 1 is 1.07 bits per heavy atom. The van der Waals surface area contributed by atoms with E-state index in [1.54, 1.807) is 0 Å². The van der Waals surface area contributed by atoms with E-state index in [0.29, 0.717) is 17.5 Å². The molecule has 0 radical (unpaired) electrons. The third-order valence-corrected chi connectivity index (χ3v) is 3.83. The molecule has 0 fully saturated rings. The Kier molecular flexibility index (Phi) is 6.92. The summed E-state index contributed by atoms with van der Waals surface area (Å²) in [6, 6.07) is 7.71. The van der Waals surface area contributed by atoms with Gasteiger partial charge >= 0.3 is 12.1 Å². The van der Waals surface area contributed by atoms with Gasteiger partial charge in [-0.1, -0.05) is 12.1 Å². The van der Waals surface area contributed by atoms with Crippen LogP contribution in [0.15, 0.2) is 42.5 Å². The second-order valence-corrected chi connectivity index (χ2v) is 5.72. The summed E-state index contributed by atoms with van der Waals surface area (Å²) in [6.07, 6.45) is -1.43. The van der Waals surface area contributed by atoms with E-state index in [2.05, 4.69) is 0 Å². The predicted molar refractivity (Wildman–Crippen MR) is 96.4 cm³/mol. The van der Waals surface area contributed by atoms with E-state index >= 15 is 0 Å². The quantitative estimate of drug-likeness (QED) is 0.561. The molecule has 0 heterocycles. The SMILES string of the molecule is COc1cc(/C=C/C(=O)OCCc2ccc(C(F)(F)F)cc2)cc(OC)c1O. The molecule has 0 atom stereocenters. The van der Waals surface area contributed by atoms with Crippen LogP contribution in [0.1, 0.15) is 16.7 Å². The highest BCUT2D eigenvalue weighted by Gasteiger charge is 2.29. The van der Waals surface area contributed by atoms with Crippen LogP contribution < -0.4 is 9.47 Å².